The van der Waals surface area contributed by atoms with E-state index in [9.17, 15) is 0 Å². The van der Waals surface area contributed by atoms with Crippen molar-refractivity contribution in [2.45, 2.75) is 164 Å². The van der Waals surface area contributed by atoms with Crippen LogP contribution in [0.15, 0.2) is 48.5 Å². The van der Waals surface area contributed by atoms with Gasteiger partial charge in [-0.3, -0.25) is 0 Å². The summed E-state index contributed by atoms with van der Waals surface area (Å²) in [5, 5.41) is 11.6. The van der Waals surface area contributed by atoms with Crippen molar-refractivity contribution < 1.29 is 77.2 Å². The summed E-state index contributed by atoms with van der Waals surface area (Å²) in [6.45, 7) is 44.7. The molecular formula is C60H76Cl2Zr2-2. The largest absolute Gasteiger partial charge is 2.00 e. The summed E-state index contributed by atoms with van der Waals surface area (Å²) in [4.78, 5) is 0. The number of fused-ring (bicyclic) bond motifs is 4. The van der Waals surface area contributed by atoms with E-state index in [2.05, 4.69) is 187 Å². The van der Waals surface area contributed by atoms with Gasteiger partial charge in [0.1, 0.15) is 0 Å². The van der Waals surface area contributed by atoms with E-state index in [0.717, 1.165) is 25.7 Å². The molecule has 8 aromatic carbocycles. The third-order valence-electron chi connectivity index (χ3n) is 15.4. The van der Waals surface area contributed by atoms with E-state index in [0.29, 0.717) is 0 Å². The summed E-state index contributed by atoms with van der Waals surface area (Å²) in [6.07, 6.45) is 4.52. The molecule has 0 spiro atoms. The summed E-state index contributed by atoms with van der Waals surface area (Å²) >= 11 is 0. The van der Waals surface area contributed by atoms with Gasteiger partial charge >= 0.3 is 52.4 Å². The number of rotatable bonds is 4. The van der Waals surface area contributed by atoms with Crippen molar-refractivity contribution >= 4 is 43.1 Å². The molecule has 0 nitrogen and oxygen atoms in total. The molecule has 0 radical (unpaired) electrons. The quantitative estimate of drug-likeness (QED) is 0.154. The van der Waals surface area contributed by atoms with Crippen LogP contribution in [0.1, 0.15) is 139 Å². The third kappa shape index (κ3) is 11.5. The molecule has 0 unspecified atom stereocenters. The van der Waals surface area contributed by atoms with Gasteiger partial charge in [0.25, 0.3) is 0 Å². The Hall–Kier alpha value is -2.33. The predicted octanol–water partition coefficient (Wildman–Crippen LogP) is 11.4. The first-order chi connectivity index (χ1) is 28.2. The summed E-state index contributed by atoms with van der Waals surface area (Å²) in [7, 11) is 0. The number of benzene rings is 4. The third-order valence-corrected chi connectivity index (χ3v) is 15.4. The van der Waals surface area contributed by atoms with Crippen LogP contribution >= 0.6 is 0 Å². The molecule has 0 aliphatic carbocycles. The van der Waals surface area contributed by atoms with Gasteiger partial charge in [0, 0.05) is 0 Å². The molecule has 4 heteroatoms. The van der Waals surface area contributed by atoms with Crippen LogP contribution in [-0.4, -0.2) is 0 Å². The van der Waals surface area contributed by atoms with Gasteiger partial charge in [0.15, 0.2) is 0 Å². The summed E-state index contributed by atoms with van der Waals surface area (Å²) in [5.74, 6) is 0. The van der Waals surface area contributed by atoms with Crippen LogP contribution in [0.25, 0.3) is 43.1 Å². The van der Waals surface area contributed by atoms with Gasteiger partial charge in [-0.25, -0.2) is 0 Å². The number of hydrogen-bond donors (Lipinski definition) is 0. The number of halogens is 2. The molecule has 0 saturated carbocycles. The van der Waals surface area contributed by atoms with Crippen molar-refractivity contribution in [2.75, 3.05) is 0 Å². The van der Waals surface area contributed by atoms with Crippen molar-refractivity contribution in [1.29, 1.82) is 0 Å². The zero-order valence-electron chi connectivity index (χ0n) is 43.2. The van der Waals surface area contributed by atoms with Crippen LogP contribution in [0.4, 0.5) is 0 Å². The van der Waals surface area contributed by atoms with E-state index in [4.69, 9.17) is 0 Å². The average molecular weight is 1050 g/mol. The molecule has 0 amide bonds. The second kappa shape index (κ2) is 24.6. The van der Waals surface area contributed by atoms with Gasteiger partial charge in [-0.15, -0.1) is 112 Å². The van der Waals surface area contributed by atoms with Gasteiger partial charge in [-0.1, -0.05) is 122 Å². The first kappa shape index (κ1) is 59.7. The molecule has 64 heavy (non-hydrogen) atoms. The second-order valence-corrected chi connectivity index (χ2v) is 18.2. The maximum absolute atomic E-state index is 2.35. The smallest absolute Gasteiger partial charge is 1.00 e. The monoisotopic (exact) mass is 1050 g/mol. The van der Waals surface area contributed by atoms with Crippen molar-refractivity contribution in [1.82, 2.24) is 0 Å². The summed E-state index contributed by atoms with van der Waals surface area (Å²) in [5.41, 5.74) is 29.1. The fraction of sp³-hybridized carbons (Fsp3) is 0.400. The van der Waals surface area contributed by atoms with Crippen LogP contribution in [0.2, 0.25) is 0 Å². The normalized spacial score (nSPS) is 10.6. The van der Waals surface area contributed by atoms with Crippen molar-refractivity contribution in [3.8, 4) is 0 Å². The van der Waals surface area contributed by atoms with Crippen LogP contribution < -0.4 is 24.8 Å². The van der Waals surface area contributed by atoms with Gasteiger partial charge in [0.2, 0.25) is 0 Å². The molecule has 340 valence electrons. The Kier molecular flexibility index (Phi) is 23.0. The van der Waals surface area contributed by atoms with Crippen LogP contribution in [0.3, 0.4) is 0 Å². The molecule has 0 aliphatic heterocycles. The molecule has 0 fully saturated rings. The van der Waals surface area contributed by atoms with E-state index >= 15 is 0 Å². The van der Waals surface area contributed by atoms with E-state index < -0.39 is 0 Å². The van der Waals surface area contributed by atoms with E-state index in [1.54, 1.807) is 0 Å². The standard InChI is InChI=1S/4C15H19.2ClH.2Zr/c4*1-6-13-7-14-11(4)9(2)10(3)12(5)15(14)8-13;;;;/h4*7-8H,6H2,1-5H3;2*1H;;/q4*-1;;;2*+2/p-2. The average Bonchev–Trinajstić information content (AvgIpc) is 4.08. The van der Waals surface area contributed by atoms with Gasteiger partial charge in [-0.05, 0) is 109 Å². The predicted molar refractivity (Wildman–Crippen MR) is 271 cm³/mol. The van der Waals surface area contributed by atoms with Crippen LogP contribution in [0.5, 0.6) is 0 Å². The first-order valence-electron chi connectivity index (χ1n) is 22.9. The zero-order valence-corrected chi connectivity index (χ0v) is 49.6. The van der Waals surface area contributed by atoms with E-state index in [-0.39, 0.29) is 77.2 Å². The molecule has 0 atom stereocenters. The van der Waals surface area contributed by atoms with E-state index in [1.165, 1.54) is 154 Å². The maximum Gasteiger partial charge on any atom is 2.00 e. The topological polar surface area (TPSA) is 0 Å². The van der Waals surface area contributed by atoms with E-state index in [1.807, 2.05) is 0 Å². The molecule has 0 N–H and O–H groups in total. The molecule has 0 bridgehead atoms. The minimum absolute atomic E-state index is 0. The molecule has 8 rings (SSSR count). The minimum Gasteiger partial charge on any atom is -1.00 e. The second-order valence-electron chi connectivity index (χ2n) is 18.2. The van der Waals surface area contributed by atoms with Crippen molar-refractivity contribution in [3.63, 3.8) is 0 Å². The Morgan fingerprint density at radius 2 is 0.391 bits per heavy atom. The minimum atomic E-state index is 0. The molecule has 0 saturated heterocycles. The summed E-state index contributed by atoms with van der Waals surface area (Å²) < 4.78 is 0. The fourth-order valence-electron chi connectivity index (χ4n) is 9.44. The Labute approximate surface area is 440 Å². The van der Waals surface area contributed by atoms with Gasteiger partial charge in [0.05, 0.1) is 0 Å². The maximum atomic E-state index is 2.35. The summed E-state index contributed by atoms with van der Waals surface area (Å²) in [6, 6.07) is 18.8. The number of hydrogen-bond acceptors (Lipinski definition) is 0. The van der Waals surface area contributed by atoms with Crippen LogP contribution in [-0.2, 0) is 78.1 Å². The SMILES string of the molecule is CCc1cc2c(C)c(C)c(C)c(C)c2[cH-]1.CCc1cc2c(C)c(C)c(C)c(C)c2[cH-]1.CCc1cc2c(C)c(C)c(C)c(C)c2[cH-]1.CCc1cc2c(C)c(C)c(C)c(C)c2[cH-]1.[Cl-].[Cl-].[Zr+2].[Zr+2]. The Bertz CT molecular complexity index is 2290. The Morgan fingerprint density at radius 3 is 0.531 bits per heavy atom. The molecular weight excluding hydrogens is 974 g/mol. The van der Waals surface area contributed by atoms with Gasteiger partial charge in [-0.2, -0.15) is 24.3 Å². The fourth-order valence-corrected chi connectivity index (χ4v) is 9.44. The number of aryl methyl sites for hydroxylation is 12. The van der Waals surface area contributed by atoms with Crippen molar-refractivity contribution in [3.05, 3.63) is 160 Å². The molecule has 8 aromatic rings. The van der Waals surface area contributed by atoms with Gasteiger partial charge < -0.3 is 24.8 Å². The Balaban J connectivity index is 0.000000418. The zero-order chi connectivity index (χ0) is 44.7. The molecule has 0 heterocycles. The Morgan fingerprint density at radius 1 is 0.250 bits per heavy atom. The first-order valence-corrected chi connectivity index (χ1v) is 22.9. The molecule has 0 aliphatic rings. The van der Waals surface area contributed by atoms with Crippen molar-refractivity contribution in [2.24, 2.45) is 0 Å². The molecule has 0 aromatic heterocycles. The van der Waals surface area contributed by atoms with Crippen LogP contribution in [0, 0.1) is 111 Å².